The Kier molecular flexibility index (Phi) is 3.96. The van der Waals surface area contributed by atoms with Gasteiger partial charge in [-0.1, -0.05) is 12.1 Å². The second-order valence-electron chi connectivity index (χ2n) is 4.69. The summed E-state index contributed by atoms with van der Waals surface area (Å²) in [6.45, 7) is 1.62. The maximum absolute atomic E-state index is 11.3. The normalized spacial score (nSPS) is 13.9. The van der Waals surface area contributed by atoms with E-state index in [2.05, 4.69) is 22.4 Å². The van der Waals surface area contributed by atoms with Gasteiger partial charge in [0.2, 0.25) is 5.91 Å². The van der Waals surface area contributed by atoms with Crippen LogP contribution in [0.3, 0.4) is 0 Å². The molecule has 18 heavy (non-hydrogen) atoms. The third-order valence-electron chi connectivity index (χ3n) is 3.12. The van der Waals surface area contributed by atoms with Crippen molar-refractivity contribution < 1.29 is 4.79 Å². The average Bonchev–Trinajstić information content (AvgIpc) is 2.36. The average molecular weight is 243 g/mol. The van der Waals surface area contributed by atoms with Crippen molar-refractivity contribution in [2.75, 3.05) is 18.9 Å². The SMILES string of the molecule is CN(CCC#N)Cc1ccc2c(c1)CCC(=O)N2. The van der Waals surface area contributed by atoms with Crippen LogP contribution in [0.15, 0.2) is 18.2 Å². The Morgan fingerprint density at radius 1 is 1.44 bits per heavy atom. The van der Waals surface area contributed by atoms with E-state index in [0.717, 1.165) is 25.2 Å². The summed E-state index contributed by atoms with van der Waals surface area (Å²) in [5, 5.41) is 11.4. The van der Waals surface area contributed by atoms with E-state index in [1.807, 2.05) is 19.2 Å². The molecule has 1 aromatic rings. The Morgan fingerprint density at radius 3 is 3.06 bits per heavy atom. The third kappa shape index (κ3) is 3.08. The van der Waals surface area contributed by atoms with Gasteiger partial charge >= 0.3 is 0 Å². The second kappa shape index (κ2) is 5.65. The van der Waals surface area contributed by atoms with Crippen LogP contribution in [0.5, 0.6) is 0 Å². The molecule has 1 amide bonds. The predicted molar refractivity (Wildman–Crippen MR) is 70.0 cm³/mol. The molecule has 1 aliphatic rings. The fraction of sp³-hybridized carbons (Fsp3) is 0.429. The van der Waals surface area contributed by atoms with E-state index < -0.39 is 0 Å². The Labute approximate surface area is 107 Å². The first kappa shape index (κ1) is 12.6. The van der Waals surface area contributed by atoms with Gasteiger partial charge in [0, 0.05) is 31.6 Å². The number of nitrogens with one attached hydrogen (secondary N) is 1. The number of aryl methyl sites for hydroxylation is 1. The fourth-order valence-corrected chi connectivity index (χ4v) is 2.17. The minimum atomic E-state index is 0.0985. The molecular weight excluding hydrogens is 226 g/mol. The van der Waals surface area contributed by atoms with Crippen LogP contribution in [0, 0.1) is 11.3 Å². The van der Waals surface area contributed by atoms with Gasteiger partial charge in [0.25, 0.3) is 0 Å². The largest absolute Gasteiger partial charge is 0.326 e. The predicted octanol–water partition coefficient (Wildman–Crippen LogP) is 1.92. The first-order chi connectivity index (χ1) is 8.69. The summed E-state index contributed by atoms with van der Waals surface area (Å²) < 4.78 is 0. The molecule has 0 radical (unpaired) electrons. The summed E-state index contributed by atoms with van der Waals surface area (Å²) in [5.41, 5.74) is 3.38. The zero-order valence-corrected chi connectivity index (χ0v) is 10.6. The molecular formula is C14H17N3O. The molecule has 1 aliphatic heterocycles. The highest BCUT2D eigenvalue weighted by Gasteiger charge is 2.14. The van der Waals surface area contributed by atoms with Gasteiger partial charge < -0.3 is 10.2 Å². The summed E-state index contributed by atoms with van der Waals surface area (Å²) >= 11 is 0. The molecule has 94 valence electrons. The van der Waals surface area contributed by atoms with Crippen LogP contribution >= 0.6 is 0 Å². The molecule has 0 aliphatic carbocycles. The van der Waals surface area contributed by atoms with E-state index in [1.54, 1.807) is 0 Å². The number of hydrogen-bond acceptors (Lipinski definition) is 3. The van der Waals surface area contributed by atoms with Crippen LogP contribution in [0.1, 0.15) is 24.0 Å². The molecule has 1 aromatic carbocycles. The summed E-state index contributed by atoms with van der Waals surface area (Å²) in [6, 6.07) is 8.31. The first-order valence-corrected chi connectivity index (χ1v) is 6.16. The van der Waals surface area contributed by atoms with E-state index in [0.29, 0.717) is 12.8 Å². The van der Waals surface area contributed by atoms with E-state index in [1.165, 1.54) is 11.1 Å². The Morgan fingerprint density at radius 2 is 2.28 bits per heavy atom. The van der Waals surface area contributed by atoms with Gasteiger partial charge in [0.05, 0.1) is 6.07 Å². The van der Waals surface area contributed by atoms with E-state index in [9.17, 15) is 4.79 Å². The topological polar surface area (TPSA) is 56.1 Å². The van der Waals surface area contributed by atoms with Crippen molar-refractivity contribution in [2.45, 2.75) is 25.8 Å². The minimum absolute atomic E-state index is 0.0985. The second-order valence-corrected chi connectivity index (χ2v) is 4.69. The molecule has 0 spiro atoms. The molecule has 0 saturated heterocycles. The molecule has 4 heteroatoms. The zero-order valence-electron chi connectivity index (χ0n) is 10.6. The molecule has 1 N–H and O–H groups in total. The van der Waals surface area contributed by atoms with Gasteiger partial charge in [-0.3, -0.25) is 4.79 Å². The van der Waals surface area contributed by atoms with Gasteiger partial charge in [0.1, 0.15) is 0 Å². The lowest BCUT2D eigenvalue weighted by molar-refractivity contribution is -0.116. The van der Waals surface area contributed by atoms with Crippen LogP contribution in [0.4, 0.5) is 5.69 Å². The summed E-state index contributed by atoms with van der Waals surface area (Å²) in [4.78, 5) is 13.4. The number of carbonyl (C=O) groups is 1. The number of amides is 1. The molecule has 0 fully saturated rings. The number of nitriles is 1. The molecule has 1 heterocycles. The number of nitrogens with zero attached hydrogens (tertiary/aromatic N) is 2. The number of benzene rings is 1. The highest BCUT2D eigenvalue weighted by molar-refractivity contribution is 5.93. The summed E-state index contributed by atoms with van der Waals surface area (Å²) in [5.74, 6) is 0.0985. The lowest BCUT2D eigenvalue weighted by Gasteiger charge is -2.20. The number of fused-ring (bicyclic) bond motifs is 1. The van der Waals surface area contributed by atoms with Crippen LogP contribution in [0.25, 0.3) is 0 Å². The summed E-state index contributed by atoms with van der Waals surface area (Å²) in [7, 11) is 2.01. The van der Waals surface area contributed by atoms with Gasteiger partial charge in [-0.25, -0.2) is 0 Å². The van der Waals surface area contributed by atoms with E-state index in [-0.39, 0.29) is 5.91 Å². The highest BCUT2D eigenvalue weighted by atomic mass is 16.1. The van der Waals surface area contributed by atoms with Crippen molar-refractivity contribution in [1.82, 2.24) is 4.90 Å². The number of hydrogen-bond donors (Lipinski definition) is 1. The molecule has 2 rings (SSSR count). The molecule has 4 nitrogen and oxygen atoms in total. The van der Waals surface area contributed by atoms with Crippen molar-refractivity contribution in [1.29, 1.82) is 5.26 Å². The Hall–Kier alpha value is -1.86. The van der Waals surface area contributed by atoms with Gasteiger partial charge in [-0.05, 0) is 30.7 Å². The maximum Gasteiger partial charge on any atom is 0.224 e. The zero-order chi connectivity index (χ0) is 13.0. The van der Waals surface area contributed by atoms with Gasteiger partial charge in [-0.2, -0.15) is 5.26 Å². The van der Waals surface area contributed by atoms with Crippen molar-refractivity contribution in [3.05, 3.63) is 29.3 Å². The van der Waals surface area contributed by atoms with Gasteiger partial charge in [-0.15, -0.1) is 0 Å². The van der Waals surface area contributed by atoms with Crippen LogP contribution in [0.2, 0.25) is 0 Å². The third-order valence-corrected chi connectivity index (χ3v) is 3.12. The maximum atomic E-state index is 11.3. The smallest absolute Gasteiger partial charge is 0.224 e. The minimum Gasteiger partial charge on any atom is -0.326 e. The lowest BCUT2D eigenvalue weighted by Crippen LogP contribution is -2.21. The monoisotopic (exact) mass is 243 g/mol. The molecule has 0 atom stereocenters. The summed E-state index contributed by atoms with van der Waals surface area (Å²) in [6.07, 6.45) is 1.94. The molecule has 0 saturated carbocycles. The first-order valence-electron chi connectivity index (χ1n) is 6.16. The highest BCUT2D eigenvalue weighted by Crippen LogP contribution is 2.23. The standard InChI is InChI=1S/C14H17N3O/c1-17(8-2-7-15)10-11-3-5-13-12(9-11)4-6-14(18)16-13/h3,5,9H,2,4,6,8,10H2,1H3,(H,16,18). The van der Waals surface area contributed by atoms with E-state index >= 15 is 0 Å². The van der Waals surface area contributed by atoms with Crippen molar-refractivity contribution >= 4 is 11.6 Å². The number of anilines is 1. The van der Waals surface area contributed by atoms with Gasteiger partial charge in [0.15, 0.2) is 0 Å². The quantitative estimate of drug-likeness (QED) is 0.879. The van der Waals surface area contributed by atoms with Crippen LogP contribution < -0.4 is 5.32 Å². The lowest BCUT2D eigenvalue weighted by atomic mass is 10.0. The van der Waals surface area contributed by atoms with Crippen molar-refractivity contribution in [2.24, 2.45) is 0 Å². The number of carbonyl (C=O) groups excluding carboxylic acids is 1. The van der Waals surface area contributed by atoms with Crippen LogP contribution in [-0.4, -0.2) is 24.4 Å². The van der Waals surface area contributed by atoms with Crippen molar-refractivity contribution in [3.63, 3.8) is 0 Å². The van der Waals surface area contributed by atoms with Crippen LogP contribution in [-0.2, 0) is 17.8 Å². The molecule has 0 unspecified atom stereocenters. The number of rotatable bonds is 4. The Bertz CT molecular complexity index is 490. The molecule has 0 aromatic heterocycles. The fourth-order valence-electron chi connectivity index (χ4n) is 2.17. The Balaban J connectivity index is 2.03. The van der Waals surface area contributed by atoms with E-state index in [4.69, 9.17) is 5.26 Å². The molecule has 0 bridgehead atoms. The van der Waals surface area contributed by atoms with Crippen molar-refractivity contribution in [3.8, 4) is 6.07 Å².